The minimum atomic E-state index is 0.609. The van der Waals surface area contributed by atoms with Crippen LogP contribution >= 0.6 is 0 Å². The normalized spacial score (nSPS) is 21.1. The van der Waals surface area contributed by atoms with Crippen LogP contribution < -0.4 is 5.32 Å². The Morgan fingerprint density at radius 3 is 3.00 bits per heavy atom. The molecule has 2 N–H and O–H groups in total. The van der Waals surface area contributed by atoms with Crippen LogP contribution in [0.15, 0.2) is 24.4 Å². The quantitative estimate of drug-likeness (QED) is 0.883. The second-order valence-corrected chi connectivity index (χ2v) is 5.55. The maximum absolute atomic E-state index is 3.50. The van der Waals surface area contributed by atoms with E-state index in [4.69, 9.17) is 0 Å². The van der Waals surface area contributed by atoms with Crippen LogP contribution in [0.25, 0.3) is 10.9 Å². The van der Waals surface area contributed by atoms with Crippen molar-refractivity contribution in [3.8, 4) is 0 Å². The van der Waals surface area contributed by atoms with E-state index in [-0.39, 0.29) is 0 Å². The molecule has 1 saturated heterocycles. The zero-order valence-corrected chi connectivity index (χ0v) is 11.9. The lowest BCUT2D eigenvalue weighted by atomic mass is 10.0. The summed E-state index contributed by atoms with van der Waals surface area (Å²) in [5, 5.41) is 4.90. The van der Waals surface area contributed by atoms with Gasteiger partial charge in [-0.15, -0.1) is 0 Å². The first-order valence-corrected chi connectivity index (χ1v) is 7.28. The molecular formula is C16H23N3. The molecule has 0 spiro atoms. The summed E-state index contributed by atoms with van der Waals surface area (Å²) in [6, 6.07) is 7.26. The molecule has 1 aliphatic rings. The molecule has 0 amide bonds. The van der Waals surface area contributed by atoms with Crippen LogP contribution in [0.5, 0.6) is 0 Å². The number of aromatic amines is 1. The maximum Gasteiger partial charge on any atom is 0.0489 e. The Bertz CT molecular complexity index is 558. The molecule has 1 aromatic heterocycles. The number of H-pyrrole nitrogens is 1. The number of aryl methyl sites for hydroxylation is 1. The van der Waals surface area contributed by atoms with Crippen molar-refractivity contribution in [3.63, 3.8) is 0 Å². The number of nitrogens with zero attached hydrogens (tertiary/aromatic N) is 1. The van der Waals surface area contributed by atoms with Gasteiger partial charge in [-0.3, -0.25) is 0 Å². The first kappa shape index (κ1) is 12.7. The van der Waals surface area contributed by atoms with Crippen molar-refractivity contribution in [1.82, 2.24) is 15.2 Å². The second-order valence-electron chi connectivity index (χ2n) is 5.55. The average Bonchev–Trinajstić information content (AvgIpc) is 2.84. The zero-order chi connectivity index (χ0) is 13.2. The van der Waals surface area contributed by atoms with Crippen LogP contribution in [0.4, 0.5) is 0 Å². The number of nitrogens with one attached hydrogen (secondary N) is 2. The van der Waals surface area contributed by atoms with Gasteiger partial charge in [0.05, 0.1) is 0 Å². The molecule has 0 aliphatic carbocycles. The summed E-state index contributed by atoms with van der Waals surface area (Å²) < 4.78 is 0. The van der Waals surface area contributed by atoms with E-state index < -0.39 is 0 Å². The van der Waals surface area contributed by atoms with Gasteiger partial charge >= 0.3 is 0 Å². The molecule has 1 atom stereocenters. The van der Waals surface area contributed by atoms with Gasteiger partial charge in [0.15, 0.2) is 0 Å². The van der Waals surface area contributed by atoms with Gasteiger partial charge in [-0.25, -0.2) is 0 Å². The molecule has 0 saturated carbocycles. The first-order valence-electron chi connectivity index (χ1n) is 7.28. The standard InChI is InChI=1S/C16H23N3/c1-3-12-5-4-6-15-13(10-18-16(12)15)9-14-11-17-7-8-19(14)2/h4-6,10,14,17-18H,3,7-9,11H2,1-2H3. The van der Waals surface area contributed by atoms with Gasteiger partial charge in [0, 0.05) is 42.8 Å². The van der Waals surface area contributed by atoms with Crippen LogP contribution in [-0.4, -0.2) is 42.6 Å². The van der Waals surface area contributed by atoms with Gasteiger partial charge in [0.2, 0.25) is 0 Å². The molecule has 0 bridgehead atoms. The van der Waals surface area contributed by atoms with E-state index in [1.807, 2.05) is 0 Å². The molecule has 0 radical (unpaired) electrons. The van der Waals surface area contributed by atoms with Crippen molar-refractivity contribution in [2.24, 2.45) is 0 Å². The Morgan fingerprint density at radius 2 is 2.21 bits per heavy atom. The lowest BCUT2D eigenvalue weighted by Crippen LogP contribution is -2.50. The number of hydrogen-bond donors (Lipinski definition) is 2. The number of piperazine rings is 1. The largest absolute Gasteiger partial charge is 0.361 e. The summed E-state index contributed by atoms with van der Waals surface area (Å²) in [7, 11) is 2.23. The third kappa shape index (κ3) is 2.40. The van der Waals surface area contributed by atoms with Crippen LogP contribution in [0, 0.1) is 0 Å². The third-order valence-electron chi connectivity index (χ3n) is 4.37. The van der Waals surface area contributed by atoms with Crippen LogP contribution in [0.2, 0.25) is 0 Å². The maximum atomic E-state index is 3.50. The van der Waals surface area contributed by atoms with Crippen molar-refractivity contribution < 1.29 is 0 Å². The molecule has 3 nitrogen and oxygen atoms in total. The number of hydrogen-bond acceptors (Lipinski definition) is 2. The van der Waals surface area contributed by atoms with Crippen molar-refractivity contribution in [2.45, 2.75) is 25.8 Å². The lowest BCUT2D eigenvalue weighted by molar-refractivity contribution is 0.199. The highest BCUT2D eigenvalue weighted by Crippen LogP contribution is 2.24. The fraction of sp³-hybridized carbons (Fsp3) is 0.500. The van der Waals surface area contributed by atoms with Gasteiger partial charge in [-0.1, -0.05) is 25.1 Å². The van der Waals surface area contributed by atoms with Gasteiger partial charge in [0.1, 0.15) is 0 Å². The number of fused-ring (bicyclic) bond motifs is 1. The van der Waals surface area contributed by atoms with Gasteiger partial charge in [0.25, 0.3) is 0 Å². The number of aromatic nitrogens is 1. The Balaban J connectivity index is 1.89. The molecule has 3 heteroatoms. The lowest BCUT2D eigenvalue weighted by Gasteiger charge is -2.33. The minimum absolute atomic E-state index is 0.609. The van der Waals surface area contributed by atoms with Crippen molar-refractivity contribution >= 4 is 10.9 Å². The molecular weight excluding hydrogens is 234 g/mol. The Hall–Kier alpha value is -1.32. The van der Waals surface area contributed by atoms with Crippen molar-refractivity contribution in [2.75, 3.05) is 26.7 Å². The second kappa shape index (κ2) is 5.35. The molecule has 1 aliphatic heterocycles. The molecule has 1 fully saturated rings. The fourth-order valence-corrected chi connectivity index (χ4v) is 3.08. The van der Waals surface area contributed by atoms with Crippen molar-refractivity contribution in [3.05, 3.63) is 35.5 Å². The summed E-state index contributed by atoms with van der Waals surface area (Å²) in [5.74, 6) is 0. The summed E-state index contributed by atoms with van der Waals surface area (Å²) in [5.41, 5.74) is 4.19. The Kier molecular flexibility index (Phi) is 3.58. The number of rotatable bonds is 3. The van der Waals surface area contributed by atoms with E-state index in [0.29, 0.717) is 6.04 Å². The molecule has 3 rings (SSSR count). The summed E-state index contributed by atoms with van der Waals surface area (Å²) in [6.45, 7) is 5.57. The Labute approximate surface area is 115 Å². The SMILES string of the molecule is CCc1cccc2c(CC3CNCCN3C)c[nH]c12. The van der Waals surface area contributed by atoms with E-state index in [1.165, 1.54) is 22.0 Å². The number of benzene rings is 1. The molecule has 2 heterocycles. The van der Waals surface area contributed by atoms with E-state index in [0.717, 1.165) is 32.5 Å². The minimum Gasteiger partial charge on any atom is -0.361 e. The summed E-state index contributed by atoms with van der Waals surface area (Å²) >= 11 is 0. The highest BCUT2D eigenvalue weighted by molar-refractivity contribution is 5.86. The molecule has 102 valence electrons. The van der Waals surface area contributed by atoms with Gasteiger partial charge in [-0.05, 0) is 31.0 Å². The number of para-hydroxylation sites is 1. The molecule has 19 heavy (non-hydrogen) atoms. The third-order valence-corrected chi connectivity index (χ3v) is 4.37. The van der Waals surface area contributed by atoms with E-state index in [2.05, 4.69) is 53.6 Å². The number of likely N-dealkylation sites (N-methyl/N-ethyl adjacent to an activating group) is 1. The fourth-order valence-electron chi connectivity index (χ4n) is 3.08. The molecule has 2 aromatic rings. The van der Waals surface area contributed by atoms with Crippen LogP contribution in [-0.2, 0) is 12.8 Å². The smallest absolute Gasteiger partial charge is 0.0489 e. The van der Waals surface area contributed by atoms with E-state index in [1.54, 1.807) is 0 Å². The highest BCUT2D eigenvalue weighted by Gasteiger charge is 2.20. The highest BCUT2D eigenvalue weighted by atomic mass is 15.2. The Morgan fingerprint density at radius 1 is 1.32 bits per heavy atom. The van der Waals surface area contributed by atoms with Crippen LogP contribution in [0.3, 0.4) is 0 Å². The summed E-state index contributed by atoms with van der Waals surface area (Å²) in [6.07, 6.45) is 4.41. The summed E-state index contributed by atoms with van der Waals surface area (Å²) in [4.78, 5) is 5.94. The van der Waals surface area contributed by atoms with Crippen LogP contribution in [0.1, 0.15) is 18.1 Å². The average molecular weight is 257 g/mol. The zero-order valence-electron chi connectivity index (χ0n) is 11.9. The van der Waals surface area contributed by atoms with Gasteiger partial charge in [-0.2, -0.15) is 0 Å². The van der Waals surface area contributed by atoms with Gasteiger partial charge < -0.3 is 15.2 Å². The monoisotopic (exact) mass is 257 g/mol. The van der Waals surface area contributed by atoms with E-state index >= 15 is 0 Å². The predicted molar refractivity (Wildman–Crippen MR) is 80.7 cm³/mol. The first-order chi connectivity index (χ1) is 9.29. The molecule has 1 aromatic carbocycles. The van der Waals surface area contributed by atoms with E-state index in [9.17, 15) is 0 Å². The van der Waals surface area contributed by atoms with Crippen molar-refractivity contribution in [1.29, 1.82) is 0 Å². The predicted octanol–water partition coefficient (Wildman–Crippen LogP) is 2.18. The topological polar surface area (TPSA) is 31.1 Å². The molecule has 1 unspecified atom stereocenters.